The monoisotopic (exact) mass is 232 g/mol. The van der Waals surface area contributed by atoms with Crippen LogP contribution in [0.4, 0.5) is 11.8 Å². The van der Waals surface area contributed by atoms with Crippen molar-refractivity contribution < 1.29 is 0 Å². The van der Waals surface area contributed by atoms with E-state index >= 15 is 0 Å². The third-order valence-corrected chi connectivity index (χ3v) is 2.30. The second-order valence-electron chi connectivity index (χ2n) is 3.80. The van der Waals surface area contributed by atoms with Crippen LogP contribution in [0.25, 0.3) is 0 Å². The molecule has 2 rings (SSSR count). The van der Waals surface area contributed by atoms with Gasteiger partial charge in [-0.25, -0.2) is 4.98 Å². The molecule has 0 fully saturated rings. The highest BCUT2D eigenvalue weighted by molar-refractivity contribution is 5.39. The topological polar surface area (TPSA) is 81.7 Å². The van der Waals surface area contributed by atoms with Gasteiger partial charge in [-0.05, 0) is 19.4 Å². The predicted molar refractivity (Wildman–Crippen MR) is 66.5 cm³/mol. The number of hydrogen-bond donors (Lipinski definition) is 2. The first-order chi connectivity index (χ1) is 8.24. The number of nitrogens with two attached hydrogens (primary N) is 1. The summed E-state index contributed by atoms with van der Waals surface area (Å²) in [5, 5.41) is 7.35. The Kier molecular flexibility index (Phi) is 3.54. The molecule has 17 heavy (non-hydrogen) atoms. The van der Waals surface area contributed by atoms with Crippen LogP contribution >= 0.6 is 0 Å². The molecular weight excluding hydrogens is 216 g/mol. The van der Waals surface area contributed by atoms with E-state index in [2.05, 4.69) is 20.4 Å². The van der Waals surface area contributed by atoms with Crippen LogP contribution in [0.15, 0.2) is 24.5 Å². The maximum absolute atomic E-state index is 5.56. The Balaban J connectivity index is 1.78. The van der Waals surface area contributed by atoms with Crippen LogP contribution in [-0.2, 0) is 6.54 Å². The highest BCUT2D eigenvalue weighted by atomic mass is 15.3. The minimum absolute atomic E-state index is 0.305. The van der Waals surface area contributed by atoms with Gasteiger partial charge in [0.2, 0.25) is 5.95 Å². The van der Waals surface area contributed by atoms with E-state index in [0.717, 1.165) is 31.0 Å². The fourth-order valence-corrected chi connectivity index (χ4v) is 1.57. The number of aryl methyl sites for hydroxylation is 2. The van der Waals surface area contributed by atoms with Crippen LogP contribution in [0, 0.1) is 6.92 Å². The van der Waals surface area contributed by atoms with E-state index in [1.165, 1.54) is 0 Å². The summed E-state index contributed by atoms with van der Waals surface area (Å²) in [4.78, 5) is 8.12. The van der Waals surface area contributed by atoms with Crippen molar-refractivity contribution in [2.24, 2.45) is 0 Å². The summed E-state index contributed by atoms with van der Waals surface area (Å²) in [6.07, 6.45) is 4.71. The summed E-state index contributed by atoms with van der Waals surface area (Å²) in [5.74, 6) is 1.08. The molecule has 0 aromatic carbocycles. The van der Waals surface area contributed by atoms with Gasteiger partial charge in [-0.3, -0.25) is 4.68 Å². The Morgan fingerprint density at radius 3 is 3.00 bits per heavy atom. The lowest BCUT2D eigenvalue weighted by Crippen LogP contribution is -2.09. The summed E-state index contributed by atoms with van der Waals surface area (Å²) in [7, 11) is 0. The van der Waals surface area contributed by atoms with Gasteiger partial charge in [0.15, 0.2) is 0 Å². The third-order valence-electron chi connectivity index (χ3n) is 2.30. The molecular formula is C11H16N6. The SMILES string of the molecule is Cc1cc(NCCCn2cccn2)nc(N)n1. The van der Waals surface area contributed by atoms with Crippen molar-refractivity contribution in [1.82, 2.24) is 19.7 Å². The van der Waals surface area contributed by atoms with Crippen LogP contribution in [0.3, 0.4) is 0 Å². The van der Waals surface area contributed by atoms with Gasteiger partial charge in [0.25, 0.3) is 0 Å². The van der Waals surface area contributed by atoms with E-state index in [9.17, 15) is 0 Å². The number of nitrogens with zero attached hydrogens (tertiary/aromatic N) is 4. The normalized spacial score (nSPS) is 10.4. The number of rotatable bonds is 5. The lowest BCUT2D eigenvalue weighted by atomic mass is 10.4. The zero-order valence-electron chi connectivity index (χ0n) is 9.80. The lowest BCUT2D eigenvalue weighted by molar-refractivity contribution is 0.591. The highest BCUT2D eigenvalue weighted by Gasteiger charge is 1.98. The molecule has 0 saturated heterocycles. The van der Waals surface area contributed by atoms with Crippen LogP contribution in [0.5, 0.6) is 0 Å². The van der Waals surface area contributed by atoms with Gasteiger partial charge in [-0.2, -0.15) is 10.1 Å². The first-order valence-corrected chi connectivity index (χ1v) is 5.56. The quantitative estimate of drug-likeness (QED) is 0.753. The minimum Gasteiger partial charge on any atom is -0.370 e. The summed E-state index contributed by atoms with van der Waals surface area (Å²) in [6, 6.07) is 3.80. The molecule has 2 aromatic heterocycles. The van der Waals surface area contributed by atoms with Crippen molar-refractivity contribution in [3.63, 3.8) is 0 Å². The van der Waals surface area contributed by atoms with Gasteiger partial charge in [-0.1, -0.05) is 0 Å². The first kappa shape index (κ1) is 11.4. The van der Waals surface area contributed by atoms with Crippen LogP contribution in [0.1, 0.15) is 12.1 Å². The molecule has 0 spiro atoms. The van der Waals surface area contributed by atoms with E-state index in [-0.39, 0.29) is 0 Å². The van der Waals surface area contributed by atoms with Gasteiger partial charge in [0.1, 0.15) is 5.82 Å². The van der Waals surface area contributed by atoms with Gasteiger partial charge >= 0.3 is 0 Å². The fourth-order valence-electron chi connectivity index (χ4n) is 1.57. The average Bonchev–Trinajstić information content (AvgIpc) is 2.76. The molecule has 2 aromatic rings. The maximum atomic E-state index is 5.56. The summed E-state index contributed by atoms with van der Waals surface area (Å²) in [6.45, 7) is 3.61. The highest BCUT2D eigenvalue weighted by Crippen LogP contribution is 2.06. The molecule has 2 heterocycles. The Labute approximate surface area is 99.9 Å². The van der Waals surface area contributed by atoms with Crippen molar-refractivity contribution >= 4 is 11.8 Å². The van der Waals surface area contributed by atoms with Crippen molar-refractivity contribution in [1.29, 1.82) is 0 Å². The number of anilines is 2. The van der Waals surface area contributed by atoms with Gasteiger partial charge in [0.05, 0.1) is 0 Å². The van der Waals surface area contributed by atoms with Crippen molar-refractivity contribution in [3.05, 3.63) is 30.2 Å². The number of hydrogen-bond acceptors (Lipinski definition) is 5. The predicted octanol–water partition coefficient (Wildman–Crippen LogP) is 1.07. The van der Waals surface area contributed by atoms with E-state index in [0.29, 0.717) is 5.95 Å². The van der Waals surface area contributed by atoms with Crippen LogP contribution in [0.2, 0.25) is 0 Å². The molecule has 6 nitrogen and oxygen atoms in total. The minimum atomic E-state index is 0.305. The second-order valence-corrected chi connectivity index (χ2v) is 3.80. The molecule has 0 atom stereocenters. The number of aromatic nitrogens is 4. The molecule has 6 heteroatoms. The van der Waals surface area contributed by atoms with E-state index in [1.54, 1.807) is 6.20 Å². The molecule has 0 aliphatic heterocycles. The average molecular weight is 232 g/mol. The van der Waals surface area contributed by atoms with Crippen molar-refractivity contribution in [3.8, 4) is 0 Å². The summed E-state index contributed by atoms with van der Waals surface area (Å²) >= 11 is 0. The zero-order chi connectivity index (χ0) is 12.1. The largest absolute Gasteiger partial charge is 0.370 e. The van der Waals surface area contributed by atoms with E-state index in [4.69, 9.17) is 5.73 Å². The molecule has 0 unspecified atom stereocenters. The Morgan fingerprint density at radius 1 is 1.41 bits per heavy atom. The molecule has 0 saturated carbocycles. The first-order valence-electron chi connectivity index (χ1n) is 5.56. The van der Waals surface area contributed by atoms with Gasteiger partial charge < -0.3 is 11.1 Å². The molecule has 0 amide bonds. The van der Waals surface area contributed by atoms with Crippen molar-refractivity contribution in [2.75, 3.05) is 17.6 Å². The Hall–Kier alpha value is -2.11. The molecule has 0 bridgehead atoms. The fraction of sp³-hybridized carbons (Fsp3) is 0.364. The Morgan fingerprint density at radius 2 is 2.29 bits per heavy atom. The van der Waals surface area contributed by atoms with E-state index in [1.807, 2.05) is 29.9 Å². The molecule has 0 aliphatic carbocycles. The summed E-state index contributed by atoms with van der Waals surface area (Å²) < 4.78 is 1.90. The lowest BCUT2D eigenvalue weighted by Gasteiger charge is -2.06. The molecule has 90 valence electrons. The number of nitrogen functional groups attached to an aromatic ring is 1. The van der Waals surface area contributed by atoms with Crippen LogP contribution in [-0.4, -0.2) is 26.3 Å². The zero-order valence-corrected chi connectivity index (χ0v) is 9.80. The summed E-state index contributed by atoms with van der Waals surface area (Å²) in [5.41, 5.74) is 6.43. The van der Waals surface area contributed by atoms with Crippen LogP contribution < -0.4 is 11.1 Å². The molecule has 3 N–H and O–H groups in total. The van der Waals surface area contributed by atoms with E-state index < -0.39 is 0 Å². The standard InChI is InChI=1S/C11H16N6/c1-9-8-10(16-11(12)15-9)13-4-2-6-17-7-3-5-14-17/h3,5,7-8H,2,4,6H2,1H3,(H3,12,13,15,16). The van der Waals surface area contributed by atoms with Gasteiger partial charge in [-0.15, -0.1) is 0 Å². The second kappa shape index (κ2) is 5.29. The molecule has 0 aliphatic rings. The third kappa shape index (κ3) is 3.44. The van der Waals surface area contributed by atoms with Gasteiger partial charge in [0, 0.05) is 37.2 Å². The van der Waals surface area contributed by atoms with Crippen molar-refractivity contribution in [2.45, 2.75) is 19.9 Å². The smallest absolute Gasteiger partial charge is 0.222 e. The molecule has 0 radical (unpaired) electrons. The maximum Gasteiger partial charge on any atom is 0.222 e. The number of nitrogens with one attached hydrogen (secondary N) is 1. The Bertz CT molecular complexity index is 445.